The van der Waals surface area contributed by atoms with Crippen molar-refractivity contribution in [2.75, 3.05) is 0 Å². The van der Waals surface area contributed by atoms with Crippen LogP contribution in [-0.4, -0.2) is 4.98 Å². The molecule has 1 aliphatic carbocycles. The molecule has 2 aromatic rings. The highest BCUT2D eigenvalue weighted by Gasteiger charge is 2.29. The molecule has 0 amide bonds. The zero-order valence-electron chi connectivity index (χ0n) is 8.56. The van der Waals surface area contributed by atoms with E-state index in [-0.39, 0.29) is 6.04 Å². The van der Waals surface area contributed by atoms with E-state index in [1.54, 1.807) is 0 Å². The van der Waals surface area contributed by atoms with Gasteiger partial charge in [0, 0.05) is 17.6 Å². The minimum absolute atomic E-state index is 0.217. The summed E-state index contributed by atoms with van der Waals surface area (Å²) in [5.41, 5.74) is 8.46. The number of hydrogen-bond acceptors (Lipinski definition) is 2. The smallest absolute Gasteiger partial charge is 0.0702 e. The first-order valence-corrected chi connectivity index (χ1v) is 5.45. The van der Waals surface area contributed by atoms with Gasteiger partial charge in [0.15, 0.2) is 0 Å². The van der Waals surface area contributed by atoms with E-state index in [4.69, 9.17) is 5.73 Å². The van der Waals surface area contributed by atoms with Gasteiger partial charge in [-0.2, -0.15) is 0 Å². The van der Waals surface area contributed by atoms with Crippen LogP contribution in [0.1, 0.15) is 24.4 Å². The van der Waals surface area contributed by atoms with Crippen molar-refractivity contribution < 1.29 is 0 Å². The van der Waals surface area contributed by atoms with E-state index in [0.29, 0.717) is 5.92 Å². The van der Waals surface area contributed by atoms with Gasteiger partial charge in [-0.05, 0) is 42.5 Å². The van der Waals surface area contributed by atoms with Gasteiger partial charge in [-0.3, -0.25) is 4.98 Å². The molecule has 2 nitrogen and oxygen atoms in total. The van der Waals surface area contributed by atoms with Crippen LogP contribution in [-0.2, 0) is 0 Å². The van der Waals surface area contributed by atoms with Crippen LogP contribution < -0.4 is 5.73 Å². The van der Waals surface area contributed by atoms with Crippen LogP contribution in [0.4, 0.5) is 0 Å². The molecule has 1 heterocycles. The first kappa shape index (κ1) is 8.86. The molecule has 15 heavy (non-hydrogen) atoms. The van der Waals surface area contributed by atoms with E-state index in [1.165, 1.54) is 23.8 Å². The molecule has 0 unspecified atom stereocenters. The Labute approximate surface area is 89.1 Å². The number of pyridine rings is 1. The molecule has 1 aromatic carbocycles. The highest BCUT2D eigenvalue weighted by Crippen LogP contribution is 2.39. The van der Waals surface area contributed by atoms with Crippen molar-refractivity contribution in [2.45, 2.75) is 18.9 Å². The lowest BCUT2D eigenvalue weighted by molar-refractivity contribution is 0.634. The van der Waals surface area contributed by atoms with Crippen LogP contribution >= 0.6 is 0 Å². The van der Waals surface area contributed by atoms with E-state index in [1.807, 2.05) is 12.3 Å². The van der Waals surface area contributed by atoms with Gasteiger partial charge >= 0.3 is 0 Å². The van der Waals surface area contributed by atoms with Crippen molar-refractivity contribution in [3.8, 4) is 0 Å². The Morgan fingerprint density at radius 1 is 1.27 bits per heavy atom. The average molecular weight is 198 g/mol. The van der Waals surface area contributed by atoms with E-state index < -0.39 is 0 Å². The third-order valence-electron chi connectivity index (χ3n) is 3.14. The van der Waals surface area contributed by atoms with E-state index in [2.05, 4.69) is 29.2 Å². The van der Waals surface area contributed by atoms with Gasteiger partial charge in [-0.15, -0.1) is 0 Å². The van der Waals surface area contributed by atoms with Gasteiger partial charge < -0.3 is 5.73 Å². The second-order valence-electron chi connectivity index (χ2n) is 4.32. The maximum Gasteiger partial charge on any atom is 0.0702 e. The Hall–Kier alpha value is -1.41. The van der Waals surface area contributed by atoms with Gasteiger partial charge in [0.25, 0.3) is 0 Å². The zero-order chi connectivity index (χ0) is 10.3. The molecule has 76 valence electrons. The lowest BCUT2D eigenvalue weighted by Crippen LogP contribution is -2.12. The van der Waals surface area contributed by atoms with Crippen molar-refractivity contribution in [2.24, 2.45) is 11.7 Å². The molecule has 0 aliphatic heterocycles. The van der Waals surface area contributed by atoms with Crippen LogP contribution in [0.2, 0.25) is 0 Å². The van der Waals surface area contributed by atoms with Crippen molar-refractivity contribution in [3.05, 3.63) is 42.1 Å². The van der Waals surface area contributed by atoms with Crippen LogP contribution in [0, 0.1) is 5.92 Å². The molecular weight excluding hydrogens is 184 g/mol. The SMILES string of the molecule is N[C@H](c1ccc2ncccc2c1)C1CC1. The minimum atomic E-state index is 0.217. The van der Waals surface area contributed by atoms with Crippen molar-refractivity contribution in [3.63, 3.8) is 0 Å². The summed E-state index contributed by atoms with van der Waals surface area (Å²) >= 11 is 0. The first-order valence-electron chi connectivity index (χ1n) is 5.45. The molecular formula is C13H14N2. The number of nitrogens with zero attached hydrogens (tertiary/aromatic N) is 1. The molecule has 0 spiro atoms. The summed E-state index contributed by atoms with van der Waals surface area (Å²) in [6.45, 7) is 0. The first-order chi connectivity index (χ1) is 7.34. The van der Waals surface area contributed by atoms with Crippen LogP contribution in [0.3, 0.4) is 0 Å². The lowest BCUT2D eigenvalue weighted by atomic mass is 10.0. The summed E-state index contributed by atoms with van der Waals surface area (Å²) in [5, 5.41) is 1.19. The molecule has 3 rings (SSSR count). The predicted octanol–water partition coefficient (Wildman–Crippen LogP) is 2.64. The lowest BCUT2D eigenvalue weighted by Gasteiger charge is -2.11. The molecule has 0 saturated heterocycles. The quantitative estimate of drug-likeness (QED) is 0.805. The Kier molecular flexibility index (Phi) is 1.96. The molecule has 1 aromatic heterocycles. The molecule has 1 fully saturated rings. The summed E-state index contributed by atoms with van der Waals surface area (Å²) in [4.78, 5) is 4.30. The number of fused-ring (bicyclic) bond motifs is 1. The maximum atomic E-state index is 6.17. The molecule has 2 heteroatoms. The third-order valence-corrected chi connectivity index (χ3v) is 3.14. The topological polar surface area (TPSA) is 38.9 Å². The maximum absolute atomic E-state index is 6.17. The monoisotopic (exact) mass is 198 g/mol. The number of nitrogens with two attached hydrogens (primary N) is 1. The van der Waals surface area contributed by atoms with Crippen LogP contribution in [0.15, 0.2) is 36.5 Å². The largest absolute Gasteiger partial charge is 0.324 e. The highest BCUT2D eigenvalue weighted by molar-refractivity contribution is 5.79. The number of hydrogen-bond donors (Lipinski definition) is 1. The molecule has 1 saturated carbocycles. The van der Waals surface area contributed by atoms with Gasteiger partial charge in [-0.25, -0.2) is 0 Å². The fourth-order valence-electron chi connectivity index (χ4n) is 2.03. The van der Waals surface area contributed by atoms with E-state index in [0.717, 1.165) is 5.52 Å². The second-order valence-corrected chi connectivity index (χ2v) is 4.32. The van der Waals surface area contributed by atoms with Crippen molar-refractivity contribution in [1.29, 1.82) is 0 Å². The second kappa shape index (κ2) is 3.31. The Balaban J connectivity index is 2.05. The predicted molar refractivity (Wildman–Crippen MR) is 61.4 cm³/mol. The minimum Gasteiger partial charge on any atom is -0.324 e. The molecule has 2 N–H and O–H groups in total. The summed E-state index contributed by atoms with van der Waals surface area (Å²) < 4.78 is 0. The fraction of sp³-hybridized carbons (Fsp3) is 0.308. The Morgan fingerprint density at radius 2 is 2.13 bits per heavy atom. The van der Waals surface area contributed by atoms with Gasteiger partial charge in [-0.1, -0.05) is 12.1 Å². The normalized spacial score (nSPS) is 17.9. The number of benzene rings is 1. The van der Waals surface area contributed by atoms with Crippen LogP contribution in [0.25, 0.3) is 10.9 Å². The molecule has 0 radical (unpaired) electrons. The van der Waals surface area contributed by atoms with Gasteiger partial charge in [0.2, 0.25) is 0 Å². The Bertz CT molecular complexity index is 489. The number of rotatable bonds is 2. The zero-order valence-corrected chi connectivity index (χ0v) is 8.56. The fourth-order valence-corrected chi connectivity index (χ4v) is 2.03. The standard InChI is InChI=1S/C13H14N2/c14-13(9-3-4-9)11-5-6-12-10(8-11)2-1-7-15-12/h1-2,5-9,13H,3-4,14H2/t13-/m0/s1. The van der Waals surface area contributed by atoms with E-state index in [9.17, 15) is 0 Å². The third kappa shape index (κ3) is 1.61. The molecule has 1 aliphatic rings. The summed E-state index contributed by atoms with van der Waals surface area (Å²) in [6, 6.07) is 10.6. The summed E-state index contributed by atoms with van der Waals surface area (Å²) in [5.74, 6) is 0.708. The number of aromatic nitrogens is 1. The van der Waals surface area contributed by atoms with Gasteiger partial charge in [0.05, 0.1) is 5.52 Å². The Morgan fingerprint density at radius 3 is 2.93 bits per heavy atom. The van der Waals surface area contributed by atoms with Crippen molar-refractivity contribution >= 4 is 10.9 Å². The molecule has 0 bridgehead atoms. The summed E-state index contributed by atoms with van der Waals surface area (Å²) in [7, 11) is 0. The molecule has 1 atom stereocenters. The highest BCUT2D eigenvalue weighted by atomic mass is 14.7. The van der Waals surface area contributed by atoms with E-state index >= 15 is 0 Å². The van der Waals surface area contributed by atoms with Crippen LogP contribution in [0.5, 0.6) is 0 Å². The van der Waals surface area contributed by atoms with Gasteiger partial charge in [0.1, 0.15) is 0 Å². The van der Waals surface area contributed by atoms with Crippen molar-refractivity contribution in [1.82, 2.24) is 4.98 Å². The average Bonchev–Trinajstić information content (AvgIpc) is 3.11. The summed E-state index contributed by atoms with van der Waals surface area (Å²) in [6.07, 6.45) is 4.39.